The number of nitrogens with zero attached hydrogens (tertiary/aromatic N) is 2. The van der Waals surface area contributed by atoms with Crippen molar-refractivity contribution in [3.8, 4) is 5.75 Å². The number of aryl methyl sites for hydroxylation is 1. The van der Waals surface area contributed by atoms with E-state index < -0.39 is 10.0 Å². The van der Waals surface area contributed by atoms with Gasteiger partial charge in [-0.05, 0) is 43.5 Å². The first kappa shape index (κ1) is 18.2. The van der Waals surface area contributed by atoms with Crippen molar-refractivity contribution in [1.82, 2.24) is 9.21 Å². The molecule has 23 heavy (non-hydrogen) atoms. The molecular formula is C17H28N2O3S. The third kappa shape index (κ3) is 5.48. The third-order valence-corrected chi connectivity index (χ3v) is 6.34. The third-order valence-electron chi connectivity index (χ3n) is 4.26. The molecule has 1 fully saturated rings. The number of hydrogen-bond donors (Lipinski definition) is 0. The minimum atomic E-state index is -3.04. The van der Waals surface area contributed by atoms with Crippen LogP contribution in [0.15, 0.2) is 24.3 Å². The Labute approximate surface area is 140 Å². The van der Waals surface area contributed by atoms with Crippen molar-refractivity contribution < 1.29 is 13.2 Å². The van der Waals surface area contributed by atoms with E-state index in [0.717, 1.165) is 38.2 Å². The highest BCUT2D eigenvalue weighted by molar-refractivity contribution is 7.89. The number of ether oxygens (including phenoxy) is 1. The van der Waals surface area contributed by atoms with Gasteiger partial charge in [0.1, 0.15) is 5.75 Å². The van der Waals surface area contributed by atoms with E-state index in [1.807, 2.05) is 19.1 Å². The minimum absolute atomic E-state index is 0.267. The molecule has 0 unspecified atom stereocenters. The van der Waals surface area contributed by atoms with Crippen LogP contribution in [0.25, 0.3) is 0 Å². The SMILES string of the molecule is CCCS(=O)(=O)N1CCN(CCCc2cccc(OC)c2)CC1. The number of sulfonamides is 1. The van der Waals surface area contributed by atoms with Crippen molar-refractivity contribution >= 4 is 10.0 Å². The minimum Gasteiger partial charge on any atom is -0.497 e. The van der Waals surface area contributed by atoms with Gasteiger partial charge < -0.3 is 9.64 Å². The van der Waals surface area contributed by atoms with Gasteiger partial charge in [-0.25, -0.2) is 8.42 Å². The van der Waals surface area contributed by atoms with Gasteiger partial charge in [-0.2, -0.15) is 4.31 Å². The zero-order chi connectivity index (χ0) is 16.7. The van der Waals surface area contributed by atoms with Crippen molar-refractivity contribution in [1.29, 1.82) is 0 Å². The van der Waals surface area contributed by atoms with Crippen LogP contribution in [0.4, 0.5) is 0 Å². The van der Waals surface area contributed by atoms with E-state index in [1.165, 1.54) is 5.56 Å². The molecule has 0 aliphatic carbocycles. The van der Waals surface area contributed by atoms with E-state index in [9.17, 15) is 8.42 Å². The summed E-state index contributed by atoms with van der Waals surface area (Å²) in [7, 11) is -1.35. The van der Waals surface area contributed by atoms with Crippen LogP contribution in [0.2, 0.25) is 0 Å². The Kier molecular flexibility index (Phi) is 6.87. The highest BCUT2D eigenvalue weighted by Crippen LogP contribution is 2.15. The largest absolute Gasteiger partial charge is 0.497 e. The van der Waals surface area contributed by atoms with Crippen molar-refractivity contribution in [3.05, 3.63) is 29.8 Å². The fraction of sp³-hybridized carbons (Fsp3) is 0.647. The monoisotopic (exact) mass is 340 g/mol. The summed E-state index contributed by atoms with van der Waals surface area (Å²) in [5, 5.41) is 0. The topological polar surface area (TPSA) is 49.9 Å². The molecule has 0 atom stereocenters. The number of methoxy groups -OCH3 is 1. The van der Waals surface area contributed by atoms with Gasteiger partial charge in [-0.15, -0.1) is 0 Å². The van der Waals surface area contributed by atoms with E-state index >= 15 is 0 Å². The maximum absolute atomic E-state index is 12.0. The summed E-state index contributed by atoms with van der Waals surface area (Å²) in [6, 6.07) is 8.18. The first-order chi connectivity index (χ1) is 11.0. The Morgan fingerprint density at radius 2 is 1.91 bits per heavy atom. The lowest BCUT2D eigenvalue weighted by Gasteiger charge is -2.33. The lowest BCUT2D eigenvalue weighted by atomic mass is 10.1. The van der Waals surface area contributed by atoms with Gasteiger partial charge in [0.25, 0.3) is 0 Å². The molecule has 1 aliphatic rings. The van der Waals surface area contributed by atoms with Crippen LogP contribution in [0.5, 0.6) is 5.75 Å². The van der Waals surface area contributed by atoms with Gasteiger partial charge in [-0.1, -0.05) is 19.1 Å². The average Bonchev–Trinajstić information content (AvgIpc) is 2.55. The standard InChI is InChI=1S/C17H28N2O3S/c1-3-14-23(20,21)19-12-10-18(11-13-19)9-5-7-16-6-4-8-17(15-16)22-2/h4,6,8,15H,3,5,7,9-14H2,1-2H3. The zero-order valence-corrected chi connectivity index (χ0v) is 15.0. The van der Waals surface area contributed by atoms with E-state index in [0.29, 0.717) is 19.5 Å². The first-order valence-corrected chi connectivity index (χ1v) is 9.99. The Hall–Kier alpha value is -1.11. The van der Waals surface area contributed by atoms with E-state index in [1.54, 1.807) is 11.4 Å². The molecule has 1 aromatic carbocycles. The van der Waals surface area contributed by atoms with Crippen molar-refractivity contribution in [2.24, 2.45) is 0 Å². The normalized spacial score (nSPS) is 17.3. The van der Waals surface area contributed by atoms with Crippen LogP contribution in [-0.4, -0.2) is 63.2 Å². The van der Waals surface area contributed by atoms with Crippen LogP contribution in [0.1, 0.15) is 25.3 Å². The summed E-state index contributed by atoms with van der Waals surface area (Å²) in [6.07, 6.45) is 2.78. The first-order valence-electron chi connectivity index (χ1n) is 8.38. The molecule has 0 saturated carbocycles. The molecule has 0 N–H and O–H groups in total. The van der Waals surface area contributed by atoms with E-state index in [-0.39, 0.29) is 5.75 Å². The van der Waals surface area contributed by atoms with Gasteiger partial charge in [0.05, 0.1) is 12.9 Å². The van der Waals surface area contributed by atoms with Crippen LogP contribution < -0.4 is 4.74 Å². The molecule has 0 aromatic heterocycles. The van der Waals surface area contributed by atoms with Crippen molar-refractivity contribution in [2.75, 3.05) is 45.6 Å². The Balaban J connectivity index is 1.72. The molecule has 2 rings (SSSR count). The quantitative estimate of drug-likeness (QED) is 0.726. The predicted molar refractivity (Wildman–Crippen MR) is 93.4 cm³/mol. The molecule has 6 heteroatoms. The van der Waals surface area contributed by atoms with Crippen molar-refractivity contribution in [2.45, 2.75) is 26.2 Å². The summed E-state index contributed by atoms with van der Waals surface area (Å²) < 4.78 is 31.0. The summed E-state index contributed by atoms with van der Waals surface area (Å²) in [5.74, 6) is 1.17. The Morgan fingerprint density at radius 3 is 2.57 bits per heavy atom. The maximum atomic E-state index is 12.0. The molecule has 0 bridgehead atoms. The zero-order valence-electron chi connectivity index (χ0n) is 14.2. The fourth-order valence-electron chi connectivity index (χ4n) is 2.95. The summed E-state index contributed by atoms with van der Waals surface area (Å²) in [5.41, 5.74) is 1.29. The molecule has 1 heterocycles. The fourth-order valence-corrected chi connectivity index (χ4v) is 4.45. The van der Waals surface area contributed by atoms with Crippen LogP contribution >= 0.6 is 0 Å². The number of hydrogen-bond acceptors (Lipinski definition) is 4. The summed E-state index contributed by atoms with van der Waals surface area (Å²) >= 11 is 0. The predicted octanol–water partition coefficient (Wildman–Crippen LogP) is 1.99. The lowest BCUT2D eigenvalue weighted by Crippen LogP contribution is -2.49. The highest BCUT2D eigenvalue weighted by Gasteiger charge is 2.25. The van der Waals surface area contributed by atoms with Gasteiger partial charge in [-0.3, -0.25) is 0 Å². The average molecular weight is 340 g/mol. The lowest BCUT2D eigenvalue weighted by molar-refractivity contribution is 0.187. The second-order valence-electron chi connectivity index (χ2n) is 6.01. The Morgan fingerprint density at radius 1 is 1.17 bits per heavy atom. The molecule has 0 radical (unpaired) electrons. The van der Waals surface area contributed by atoms with E-state index in [4.69, 9.17) is 4.74 Å². The second kappa shape index (κ2) is 8.66. The molecule has 130 valence electrons. The molecule has 5 nitrogen and oxygen atoms in total. The summed E-state index contributed by atoms with van der Waals surface area (Å²) in [4.78, 5) is 2.36. The van der Waals surface area contributed by atoms with Crippen LogP contribution in [0.3, 0.4) is 0 Å². The van der Waals surface area contributed by atoms with Crippen LogP contribution in [0, 0.1) is 0 Å². The molecule has 0 spiro atoms. The molecule has 0 amide bonds. The van der Waals surface area contributed by atoms with Gasteiger partial charge in [0.2, 0.25) is 10.0 Å². The number of piperazine rings is 1. The van der Waals surface area contributed by atoms with Crippen LogP contribution in [-0.2, 0) is 16.4 Å². The molecule has 1 aromatic rings. The molecular weight excluding hydrogens is 312 g/mol. The second-order valence-corrected chi connectivity index (χ2v) is 8.10. The summed E-state index contributed by atoms with van der Waals surface area (Å²) in [6.45, 7) is 5.84. The maximum Gasteiger partial charge on any atom is 0.214 e. The van der Waals surface area contributed by atoms with Crippen molar-refractivity contribution in [3.63, 3.8) is 0 Å². The Bertz CT molecular complexity index is 581. The van der Waals surface area contributed by atoms with Gasteiger partial charge in [0.15, 0.2) is 0 Å². The smallest absolute Gasteiger partial charge is 0.214 e. The van der Waals surface area contributed by atoms with E-state index in [2.05, 4.69) is 17.0 Å². The highest BCUT2D eigenvalue weighted by atomic mass is 32.2. The molecule has 1 aliphatic heterocycles. The number of rotatable bonds is 8. The molecule has 1 saturated heterocycles. The van der Waals surface area contributed by atoms with Gasteiger partial charge in [0, 0.05) is 26.2 Å². The number of benzene rings is 1. The van der Waals surface area contributed by atoms with Gasteiger partial charge >= 0.3 is 0 Å².